The Hall–Kier alpha value is -1.59. The molecule has 0 radical (unpaired) electrons. The van der Waals surface area contributed by atoms with Gasteiger partial charge < -0.3 is 21.0 Å². The Bertz CT molecular complexity index is 192. The molecule has 6 heteroatoms. The number of hydrogen-bond acceptors (Lipinski definition) is 4. The Kier molecular flexibility index (Phi) is 4.43. The van der Waals surface area contributed by atoms with Crippen LogP contribution in [0.5, 0.6) is 0 Å². The summed E-state index contributed by atoms with van der Waals surface area (Å²) in [6, 6.07) is -0.930. The van der Waals surface area contributed by atoms with Crippen LogP contribution in [-0.2, 0) is 14.4 Å². The summed E-state index contributed by atoms with van der Waals surface area (Å²) in [4.78, 5) is 30.3. The number of aliphatic carboxylic acids is 1. The summed E-state index contributed by atoms with van der Waals surface area (Å²) >= 11 is 0. The summed E-state index contributed by atoms with van der Waals surface area (Å²) in [7, 11) is 0. The molecule has 3 N–H and O–H groups in total. The van der Waals surface area contributed by atoms with Gasteiger partial charge in [0.25, 0.3) is 0 Å². The zero-order valence-corrected chi connectivity index (χ0v) is 6.28. The van der Waals surface area contributed by atoms with Crippen molar-refractivity contribution >= 4 is 18.3 Å². The molecule has 0 saturated heterocycles. The Morgan fingerprint density at radius 1 is 1.58 bits per heavy atom. The largest absolute Gasteiger partial charge is 0.550 e. The lowest BCUT2D eigenvalue weighted by Crippen LogP contribution is -2.41. The molecule has 0 aliphatic rings. The summed E-state index contributed by atoms with van der Waals surface area (Å²) < 4.78 is 0. The molecule has 0 heterocycles. The Labute approximate surface area is 68.7 Å². The molecule has 1 unspecified atom stereocenters. The van der Waals surface area contributed by atoms with E-state index in [4.69, 9.17) is 5.73 Å². The predicted octanol–water partition coefficient (Wildman–Crippen LogP) is -2.88. The minimum atomic E-state index is -1.28. The van der Waals surface area contributed by atoms with E-state index in [1.54, 1.807) is 0 Å². The third-order valence-corrected chi connectivity index (χ3v) is 1.25. The SMILES string of the molecule is NC(=O)C(CCC(=O)[O-])NC=O. The van der Waals surface area contributed by atoms with E-state index in [0.717, 1.165) is 0 Å². The van der Waals surface area contributed by atoms with Gasteiger partial charge in [0, 0.05) is 5.97 Å². The zero-order valence-electron chi connectivity index (χ0n) is 6.28. The predicted molar refractivity (Wildman–Crippen MR) is 36.4 cm³/mol. The number of carbonyl (C=O) groups is 3. The van der Waals surface area contributed by atoms with Gasteiger partial charge in [-0.2, -0.15) is 0 Å². The second-order valence-corrected chi connectivity index (χ2v) is 2.15. The molecule has 0 aromatic carbocycles. The van der Waals surface area contributed by atoms with Crippen molar-refractivity contribution in [3.8, 4) is 0 Å². The molecule has 0 aliphatic carbocycles. The van der Waals surface area contributed by atoms with Crippen molar-refractivity contribution in [1.82, 2.24) is 5.32 Å². The summed E-state index contributed by atoms with van der Waals surface area (Å²) in [6.07, 6.45) is -0.0600. The van der Waals surface area contributed by atoms with Crippen LogP contribution in [-0.4, -0.2) is 24.3 Å². The lowest BCUT2D eigenvalue weighted by molar-refractivity contribution is -0.305. The van der Waals surface area contributed by atoms with E-state index < -0.39 is 17.9 Å². The molecule has 2 amide bonds. The fourth-order valence-electron chi connectivity index (χ4n) is 0.652. The maximum atomic E-state index is 10.5. The fraction of sp³-hybridized carbons (Fsp3) is 0.500. The lowest BCUT2D eigenvalue weighted by Gasteiger charge is -2.11. The van der Waals surface area contributed by atoms with Crippen LogP contribution >= 0.6 is 0 Å². The van der Waals surface area contributed by atoms with Crippen molar-refractivity contribution in [2.45, 2.75) is 18.9 Å². The number of rotatable bonds is 6. The number of amides is 2. The molecule has 12 heavy (non-hydrogen) atoms. The Balaban J connectivity index is 3.86. The minimum absolute atomic E-state index is 0.0452. The molecule has 0 aromatic rings. The molecule has 68 valence electrons. The van der Waals surface area contributed by atoms with Crippen molar-refractivity contribution in [3.05, 3.63) is 0 Å². The van der Waals surface area contributed by atoms with Gasteiger partial charge in [-0.25, -0.2) is 0 Å². The van der Waals surface area contributed by atoms with E-state index in [0.29, 0.717) is 6.41 Å². The highest BCUT2D eigenvalue weighted by molar-refractivity contribution is 5.82. The van der Waals surface area contributed by atoms with Crippen LogP contribution in [0.15, 0.2) is 0 Å². The topological polar surface area (TPSA) is 112 Å². The summed E-state index contributed by atoms with van der Waals surface area (Å²) in [5.41, 5.74) is 4.84. The van der Waals surface area contributed by atoms with Gasteiger partial charge in [-0.05, 0) is 12.8 Å². The molecule has 0 bridgehead atoms. The molecule has 0 saturated carbocycles. The van der Waals surface area contributed by atoms with E-state index in [9.17, 15) is 19.5 Å². The molecule has 1 atom stereocenters. The number of carbonyl (C=O) groups excluding carboxylic acids is 3. The van der Waals surface area contributed by atoms with Crippen LogP contribution in [0, 0.1) is 0 Å². The van der Waals surface area contributed by atoms with Gasteiger partial charge >= 0.3 is 0 Å². The normalized spacial score (nSPS) is 11.7. The third-order valence-electron chi connectivity index (χ3n) is 1.25. The van der Waals surface area contributed by atoms with Crippen molar-refractivity contribution in [2.24, 2.45) is 5.73 Å². The Morgan fingerprint density at radius 3 is 2.50 bits per heavy atom. The number of primary amides is 1. The van der Waals surface area contributed by atoms with E-state index in [1.807, 2.05) is 0 Å². The smallest absolute Gasteiger partial charge is 0.240 e. The molecular formula is C6H9N2O4-. The number of carboxylic acid groups (broad SMARTS) is 1. The number of nitrogens with two attached hydrogens (primary N) is 1. The Morgan fingerprint density at radius 2 is 2.17 bits per heavy atom. The van der Waals surface area contributed by atoms with Gasteiger partial charge in [-0.3, -0.25) is 9.59 Å². The van der Waals surface area contributed by atoms with Crippen LogP contribution in [0.1, 0.15) is 12.8 Å². The molecule has 0 fully saturated rings. The van der Waals surface area contributed by atoms with E-state index >= 15 is 0 Å². The zero-order chi connectivity index (χ0) is 9.56. The first kappa shape index (κ1) is 10.4. The number of carboxylic acids is 1. The van der Waals surface area contributed by atoms with Crippen LogP contribution in [0.25, 0.3) is 0 Å². The monoisotopic (exact) mass is 173 g/mol. The highest BCUT2D eigenvalue weighted by Gasteiger charge is 2.12. The van der Waals surface area contributed by atoms with Crippen LogP contribution in [0.3, 0.4) is 0 Å². The first-order chi connectivity index (χ1) is 5.57. The first-order valence-electron chi connectivity index (χ1n) is 3.26. The summed E-state index contributed by atoms with van der Waals surface area (Å²) in [5, 5.41) is 12.0. The van der Waals surface area contributed by atoms with Crippen molar-refractivity contribution in [1.29, 1.82) is 0 Å². The maximum absolute atomic E-state index is 10.5. The van der Waals surface area contributed by atoms with Crippen molar-refractivity contribution in [2.75, 3.05) is 0 Å². The number of hydrogen-bond donors (Lipinski definition) is 2. The van der Waals surface area contributed by atoms with Gasteiger partial charge in [0.05, 0.1) is 0 Å². The maximum Gasteiger partial charge on any atom is 0.240 e. The molecule has 0 rings (SSSR count). The van der Waals surface area contributed by atoms with Gasteiger partial charge in [0.15, 0.2) is 0 Å². The van der Waals surface area contributed by atoms with E-state index in [2.05, 4.69) is 5.32 Å². The van der Waals surface area contributed by atoms with Gasteiger partial charge in [0.1, 0.15) is 6.04 Å². The average Bonchev–Trinajstić information content (AvgIpc) is 1.96. The van der Waals surface area contributed by atoms with E-state index in [-0.39, 0.29) is 12.8 Å². The lowest BCUT2D eigenvalue weighted by atomic mass is 10.1. The second kappa shape index (κ2) is 5.11. The molecule has 0 spiro atoms. The van der Waals surface area contributed by atoms with Gasteiger partial charge in [-0.1, -0.05) is 0 Å². The highest BCUT2D eigenvalue weighted by atomic mass is 16.4. The van der Waals surface area contributed by atoms with Gasteiger partial charge in [-0.15, -0.1) is 0 Å². The van der Waals surface area contributed by atoms with Crippen LogP contribution < -0.4 is 16.2 Å². The highest BCUT2D eigenvalue weighted by Crippen LogP contribution is 1.94. The first-order valence-corrected chi connectivity index (χ1v) is 3.26. The quantitative estimate of drug-likeness (QED) is 0.420. The molecular weight excluding hydrogens is 164 g/mol. The fourth-order valence-corrected chi connectivity index (χ4v) is 0.652. The summed E-state index contributed by atoms with van der Waals surface area (Å²) in [5.74, 6) is -2.04. The number of nitrogens with one attached hydrogen (secondary N) is 1. The van der Waals surface area contributed by atoms with Gasteiger partial charge in [0.2, 0.25) is 12.3 Å². The third kappa shape index (κ3) is 4.26. The standard InChI is InChI=1S/C6H10N2O4/c7-6(12)4(8-3-9)1-2-5(10)11/h3-4H,1-2H2,(H2,7,12)(H,8,9)(H,10,11)/p-1. The van der Waals surface area contributed by atoms with Crippen molar-refractivity contribution < 1.29 is 19.5 Å². The average molecular weight is 173 g/mol. The summed E-state index contributed by atoms with van der Waals surface area (Å²) in [6.45, 7) is 0. The molecule has 0 aromatic heterocycles. The molecule has 0 aliphatic heterocycles. The van der Waals surface area contributed by atoms with E-state index in [1.165, 1.54) is 0 Å². The minimum Gasteiger partial charge on any atom is -0.550 e. The van der Waals surface area contributed by atoms with Crippen LogP contribution in [0.4, 0.5) is 0 Å². The molecule has 6 nitrogen and oxygen atoms in total. The van der Waals surface area contributed by atoms with Crippen molar-refractivity contribution in [3.63, 3.8) is 0 Å². The second-order valence-electron chi connectivity index (χ2n) is 2.15. The van der Waals surface area contributed by atoms with Crippen LogP contribution in [0.2, 0.25) is 0 Å².